The van der Waals surface area contributed by atoms with Crippen molar-refractivity contribution in [1.82, 2.24) is 5.32 Å². The summed E-state index contributed by atoms with van der Waals surface area (Å²) in [5.74, 6) is 1.55. The Bertz CT molecular complexity index is 680. The lowest BCUT2D eigenvalue weighted by molar-refractivity contribution is 0.0948. The predicted octanol–water partition coefficient (Wildman–Crippen LogP) is 4.68. The molecule has 126 valence electrons. The highest BCUT2D eigenvalue weighted by Gasteiger charge is 2.10. The molecule has 4 heteroatoms. The first-order valence-electron chi connectivity index (χ1n) is 7.96. The van der Waals surface area contributed by atoms with Crippen LogP contribution in [0.4, 0.5) is 0 Å². The third-order valence-electron chi connectivity index (χ3n) is 3.24. The normalized spacial score (nSPS) is 10.5. The summed E-state index contributed by atoms with van der Waals surface area (Å²) in [4.78, 5) is 13.4. The van der Waals surface area contributed by atoms with Gasteiger partial charge in [-0.3, -0.25) is 4.79 Å². The van der Waals surface area contributed by atoms with Crippen LogP contribution in [0.25, 0.3) is 0 Å². The van der Waals surface area contributed by atoms with Gasteiger partial charge in [0.25, 0.3) is 5.91 Å². The van der Waals surface area contributed by atoms with Crippen LogP contribution in [0.15, 0.2) is 66.1 Å². The SMILES string of the molecule is C=CCSc1ccccc1C(=O)NCc1ccc(OC(C)C)cc1. The minimum absolute atomic E-state index is 0.0651. The van der Waals surface area contributed by atoms with Gasteiger partial charge >= 0.3 is 0 Å². The lowest BCUT2D eigenvalue weighted by atomic mass is 10.2. The number of carbonyl (C=O) groups excluding carboxylic acids is 1. The first kappa shape index (κ1) is 18.1. The van der Waals surface area contributed by atoms with Crippen molar-refractivity contribution in [2.24, 2.45) is 0 Å². The second-order valence-electron chi connectivity index (χ2n) is 5.59. The molecule has 1 N–H and O–H groups in total. The number of ether oxygens (including phenoxy) is 1. The van der Waals surface area contributed by atoms with Gasteiger partial charge in [-0.25, -0.2) is 0 Å². The summed E-state index contributed by atoms with van der Waals surface area (Å²) >= 11 is 1.61. The van der Waals surface area contributed by atoms with E-state index in [-0.39, 0.29) is 12.0 Å². The highest BCUT2D eigenvalue weighted by molar-refractivity contribution is 7.99. The molecule has 0 fully saturated rings. The fourth-order valence-corrected chi connectivity index (χ4v) is 2.95. The van der Waals surface area contributed by atoms with Crippen molar-refractivity contribution in [2.75, 3.05) is 5.75 Å². The Kier molecular flexibility index (Phi) is 6.94. The maximum Gasteiger partial charge on any atom is 0.252 e. The minimum Gasteiger partial charge on any atom is -0.491 e. The van der Waals surface area contributed by atoms with E-state index < -0.39 is 0 Å². The van der Waals surface area contributed by atoms with Crippen molar-refractivity contribution >= 4 is 17.7 Å². The standard InChI is InChI=1S/C20H23NO2S/c1-4-13-24-19-8-6-5-7-18(19)20(22)21-14-16-9-11-17(12-10-16)23-15(2)3/h4-12,15H,1,13-14H2,2-3H3,(H,21,22). The number of rotatable bonds is 8. The zero-order valence-electron chi connectivity index (χ0n) is 14.1. The molecule has 0 unspecified atom stereocenters. The molecule has 0 spiro atoms. The number of hydrogen-bond acceptors (Lipinski definition) is 3. The topological polar surface area (TPSA) is 38.3 Å². The molecule has 2 rings (SSSR count). The summed E-state index contributed by atoms with van der Waals surface area (Å²) in [6.07, 6.45) is 1.99. The van der Waals surface area contributed by atoms with Crippen molar-refractivity contribution in [3.05, 3.63) is 72.3 Å². The van der Waals surface area contributed by atoms with E-state index in [2.05, 4.69) is 11.9 Å². The summed E-state index contributed by atoms with van der Waals surface area (Å²) < 4.78 is 5.62. The van der Waals surface area contributed by atoms with Gasteiger partial charge in [-0.2, -0.15) is 0 Å². The summed E-state index contributed by atoms with van der Waals surface area (Å²) in [5.41, 5.74) is 1.74. The Labute approximate surface area is 148 Å². The number of amides is 1. The number of thioether (sulfide) groups is 1. The van der Waals surface area contributed by atoms with Gasteiger partial charge in [-0.05, 0) is 43.7 Å². The van der Waals surface area contributed by atoms with E-state index in [1.165, 1.54) is 0 Å². The lowest BCUT2D eigenvalue weighted by Gasteiger charge is -2.11. The van der Waals surface area contributed by atoms with Crippen LogP contribution >= 0.6 is 11.8 Å². The van der Waals surface area contributed by atoms with Gasteiger partial charge < -0.3 is 10.1 Å². The summed E-state index contributed by atoms with van der Waals surface area (Å²) in [7, 11) is 0. The van der Waals surface area contributed by atoms with E-state index in [9.17, 15) is 4.79 Å². The highest BCUT2D eigenvalue weighted by atomic mass is 32.2. The third-order valence-corrected chi connectivity index (χ3v) is 4.31. The number of carbonyl (C=O) groups is 1. The average molecular weight is 341 g/mol. The molecule has 0 atom stereocenters. The number of hydrogen-bond donors (Lipinski definition) is 1. The maximum atomic E-state index is 12.4. The molecule has 0 bridgehead atoms. The monoisotopic (exact) mass is 341 g/mol. The molecule has 0 radical (unpaired) electrons. The second-order valence-corrected chi connectivity index (χ2v) is 6.65. The van der Waals surface area contributed by atoms with Crippen LogP contribution in [0.1, 0.15) is 29.8 Å². The van der Waals surface area contributed by atoms with Gasteiger partial charge in [0.1, 0.15) is 5.75 Å². The molecule has 2 aromatic rings. The molecule has 0 aliphatic rings. The Morgan fingerprint density at radius 2 is 1.92 bits per heavy atom. The van der Waals surface area contributed by atoms with E-state index in [0.29, 0.717) is 12.1 Å². The van der Waals surface area contributed by atoms with Crippen molar-refractivity contribution in [3.8, 4) is 5.75 Å². The predicted molar refractivity (Wildman–Crippen MR) is 101 cm³/mol. The third kappa shape index (κ3) is 5.46. The van der Waals surface area contributed by atoms with Crippen molar-refractivity contribution in [3.63, 3.8) is 0 Å². The van der Waals surface area contributed by atoms with Gasteiger partial charge in [0.15, 0.2) is 0 Å². The summed E-state index contributed by atoms with van der Waals surface area (Å²) in [5, 5.41) is 2.97. The van der Waals surface area contributed by atoms with E-state index in [0.717, 1.165) is 22.0 Å². The Morgan fingerprint density at radius 3 is 2.58 bits per heavy atom. The van der Waals surface area contributed by atoms with Crippen LogP contribution in [0, 0.1) is 0 Å². The zero-order valence-corrected chi connectivity index (χ0v) is 14.9. The zero-order chi connectivity index (χ0) is 17.4. The molecular weight excluding hydrogens is 318 g/mol. The number of benzene rings is 2. The van der Waals surface area contributed by atoms with Crippen LogP contribution in [0.5, 0.6) is 5.75 Å². The summed E-state index contributed by atoms with van der Waals surface area (Å²) in [6, 6.07) is 15.4. The van der Waals surface area contributed by atoms with Crippen LogP contribution in [0.3, 0.4) is 0 Å². The molecule has 0 saturated carbocycles. The van der Waals surface area contributed by atoms with Crippen molar-refractivity contribution in [1.29, 1.82) is 0 Å². The molecule has 3 nitrogen and oxygen atoms in total. The highest BCUT2D eigenvalue weighted by Crippen LogP contribution is 2.22. The first-order chi connectivity index (χ1) is 11.6. The molecule has 0 aliphatic carbocycles. The van der Waals surface area contributed by atoms with E-state index in [1.54, 1.807) is 11.8 Å². The van der Waals surface area contributed by atoms with Crippen LogP contribution in [-0.4, -0.2) is 17.8 Å². The fourth-order valence-electron chi connectivity index (χ4n) is 2.16. The van der Waals surface area contributed by atoms with Crippen LogP contribution in [-0.2, 0) is 6.54 Å². The minimum atomic E-state index is -0.0651. The number of nitrogens with one attached hydrogen (secondary N) is 1. The van der Waals surface area contributed by atoms with E-state index in [4.69, 9.17) is 4.74 Å². The summed E-state index contributed by atoms with van der Waals surface area (Å²) in [6.45, 7) is 8.20. The van der Waals surface area contributed by atoms with Gasteiger partial charge in [0.2, 0.25) is 0 Å². The van der Waals surface area contributed by atoms with Gasteiger partial charge in [0.05, 0.1) is 11.7 Å². The van der Waals surface area contributed by atoms with Gasteiger partial charge in [0, 0.05) is 17.2 Å². The van der Waals surface area contributed by atoms with Crippen LogP contribution < -0.4 is 10.1 Å². The largest absolute Gasteiger partial charge is 0.491 e. The quantitative estimate of drug-likeness (QED) is 0.559. The first-order valence-corrected chi connectivity index (χ1v) is 8.95. The van der Waals surface area contributed by atoms with E-state index >= 15 is 0 Å². The molecule has 0 aromatic heterocycles. The molecule has 0 heterocycles. The Balaban J connectivity index is 1.97. The lowest BCUT2D eigenvalue weighted by Crippen LogP contribution is -2.23. The molecule has 1 amide bonds. The average Bonchev–Trinajstić information content (AvgIpc) is 2.59. The van der Waals surface area contributed by atoms with Crippen molar-refractivity contribution < 1.29 is 9.53 Å². The Hall–Kier alpha value is -2.20. The van der Waals surface area contributed by atoms with Crippen LogP contribution in [0.2, 0.25) is 0 Å². The molecule has 0 saturated heterocycles. The molecule has 24 heavy (non-hydrogen) atoms. The molecular formula is C20H23NO2S. The van der Waals surface area contributed by atoms with E-state index in [1.807, 2.05) is 68.5 Å². The fraction of sp³-hybridized carbons (Fsp3) is 0.250. The molecule has 2 aromatic carbocycles. The maximum absolute atomic E-state index is 12.4. The van der Waals surface area contributed by atoms with Gasteiger partial charge in [-0.15, -0.1) is 18.3 Å². The van der Waals surface area contributed by atoms with Crippen molar-refractivity contribution in [2.45, 2.75) is 31.4 Å². The Morgan fingerprint density at radius 1 is 1.21 bits per heavy atom. The second kappa shape index (κ2) is 9.18. The molecule has 0 aliphatic heterocycles. The smallest absolute Gasteiger partial charge is 0.252 e. The van der Waals surface area contributed by atoms with Gasteiger partial charge in [-0.1, -0.05) is 30.3 Å².